The van der Waals surface area contributed by atoms with E-state index in [1.54, 1.807) is 0 Å². The first kappa shape index (κ1) is 21.6. The van der Waals surface area contributed by atoms with Crippen molar-refractivity contribution in [1.82, 2.24) is 0 Å². The van der Waals surface area contributed by atoms with Crippen LogP contribution in [0, 0.1) is 0 Å². The maximum absolute atomic E-state index is 12.7. The van der Waals surface area contributed by atoms with Gasteiger partial charge in [0.15, 0.2) is 0 Å². The van der Waals surface area contributed by atoms with Crippen molar-refractivity contribution in [2.45, 2.75) is 18.3 Å². The van der Waals surface area contributed by atoms with Crippen molar-refractivity contribution in [3.8, 4) is 0 Å². The van der Waals surface area contributed by atoms with E-state index in [2.05, 4.69) is 19.1 Å². The van der Waals surface area contributed by atoms with Crippen molar-refractivity contribution >= 4 is 51.5 Å². The summed E-state index contributed by atoms with van der Waals surface area (Å²) in [5.74, 6) is -0.494. The molecule has 0 radical (unpaired) electrons. The highest BCUT2D eigenvalue weighted by atomic mass is 35.5. The monoisotopic (exact) mass is 476 g/mol. The molecule has 3 aromatic carbocycles. The summed E-state index contributed by atoms with van der Waals surface area (Å²) in [5, 5.41) is 14.5. The highest BCUT2D eigenvalue weighted by Crippen LogP contribution is 2.54. The summed E-state index contributed by atoms with van der Waals surface area (Å²) in [4.78, 5) is 11.7. The van der Waals surface area contributed by atoms with E-state index in [4.69, 9.17) is 26.5 Å². The standard InChI is InChI=1S/C25H21ClN4O2S/c1-3-22-20-11-7-8-12-21(20)25(29(27-22)18-9-5-4-6-10-18)30(19-15-13-17(26)14-16-19)28-23(33-25)24(31)32-2/h4-16H,3H2,1-2H3. The average Bonchev–Trinajstić information content (AvgIpc) is 3.26. The number of thioether (sulfide) groups is 1. The number of hydrogen-bond acceptors (Lipinski definition) is 7. The van der Waals surface area contributed by atoms with E-state index in [1.165, 1.54) is 18.9 Å². The third-order valence-electron chi connectivity index (χ3n) is 5.58. The summed E-state index contributed by atoms with van der Waals surface area (Å²) in [5.41, 5.74) is 4.63. The highest BCUT2D eigenvalue weighted by molar-refractivity contribution is 8.16. The molecule has 2 aliphatic rings. The van der Waals surface area contributed by atoms with Crippen LogP contribution < -0.4 is 10.0 Å². The smallest absolute Gasteiger partial charge is 0.365 e. The first-order valence-corrected chi connectivity index (χ1v) is 11.7. The Labute approximate surface area is 201 Å². The van der Waals surface area contributed by atoms with Crippen molar-refractivity contribution in [2.75, 3.05) is 17.1 Å². The van der Waals surface area contributed by atoms with Gasteiger partial charge in [-0.3, -0.25) is 0 Å². The topological polar surface area (TPSA) is 57.5 Å². The van der Waals surface area contributed by atoms with Gasteiger partial charge in [-0.05, 0) is 54.6 Å². The van der Waals surface area contributed by atoms with Gasteiger partial charge >= 0.3 is 5.97 Å². The van der Waals surface area contributed by atoms with Gasteiger partial charge in [-0.15, -0.1) is 0 Å². The zero-order valence-corrected chi connectivity index (χ0v) is 19.7. The zero-order valence-electron chi connectivity index (χ0n) is 18.1. The largest absolute Gasteiger partial charge is 0.464 e. The van der Waals surface area contributed by atoms with Gasteiger partial charge in [0.2, 0.25) is 10.0 Å². The molecule has 0 bridgehead atoms. The van der Waals surface area contributed by atoms with E-state index < -0.39 is 11.0 Å². The zero-order chi connectivity index (χ0) is 23.0. The maximum atomic E-state index is 12.7. The van der Waals surface area contributed by atoms with Gasteiger partial charge < -0.3 is 4.74 Å². The van der Waals surface area contributed by atoms with Crippen LogP contribution in [0.25, 0.3) is 0 Å². The molecule has 1 unspecified atom stereocenters. The Bertz CT molecular complexity index is 1260. The number of para-hydroxylation sites is 1. The van der Waals surface area contributed by atoms with Crippen LogP contribution in [0.2, 0.25) is 5.02 Å². The van der Waals surface area contributed by atoms with E-state index in [-0.39, 0.29) is 5.04 Å². The van der Waals surface area contributed by atoms with Crippen LogP contribution in [0.5, 0.6) is 0 Å². The minimum atomic E-state index is -0.978. The van der Waals surface area contributed by atoms with Crippen LogP contribution >= 0.6 is 23.4 Å². The van der Waals surface area contributed by atoms with Gasteiger partial charge in [0.25, 0.3) is 0 Å². The van der Waals surface area contributed by atoms with Crippen molar-refractivity contribution in [3.63, 3.8) is 0 Å². The lowest BCUT2D eigenvalue weighted by Gasteiger charge is -2.47. The Morgan fingerprint density at radius 3 is 2.27 bits per heavy atom. The van der Waals surface area contributed by atoms with Gasteiger partial charge in [0.05, 0.1) is 24.2 Å². The lowest BCUT2D eigenvalue weighted by Crippen LogP contribution is -2.53. The number of anilines is 2. The average molecular weight is 477 g/mol. The van der Waals surface area contributed by atoms with E-state index in [0.29, 0.717) is 5.02 Å². The van der Waals surface area contributed by atoms with Crippen LogP contribution in [0.4, 0.5) is 11.4 Å². The van der Waals surface area contributed by atoms with Crippen molar-refractivity contribution in [2.24, 2.45) is 10.2 Å². The Morgan fingerprint density at radius 1 is 0.939 bits per heavy atom. The Balaban J connectivity index is 1.81. The molecule has 1 spiro atoms. The molecule has 1 atom stereocenters. The molecule has 0 aliphatic carbocycles. The SMILES string of the molecule is CCC1=NN(c2ccccc2)C2(SC(C(=O)OC)=NN2c2ccc(Cl)cc2)c2ccccc21. The minimum Gasteiger partial charge on any atom is -0.464 e. The number of hydrazone groups is 2. The molecule has 5 rings (SSSR count). The third-order valence-corrected chi connectivity index (χ3v) is 7.12. The van der Waals surface area contributed by atoms with Gasteiger partial charge in [-0.25, -0.2) is 14.8 Å². The maximum Gasteiger partial charge on any atom is 0.365 e. The molecule has 2 heterocycles. The molecular formula is C25H21ClN4O2S. The van der Waals surface area contributed by atoms with E-state index in [1.807, 2.05) is 76.7 Å². The summed E-state index contributed by atoms with van der Waals surface area (Å²) >= 11 is 7.49. The molecule has 0 saturated carbocycles. The van der Waals surface area contributed by atoms with E-state index in [9.17, 15) is 4.79 Å². The molecule has 0 fully saturated rings. The number of rotatable bonds is 4. The highest BCUT2D eigenvalue weighted by Gasteiger charge is 2.56. The number of nitrogens with zero attached hydrogens (tertiary/aromatic N) is 4. The number of hydrogen-bond donors (Lipinski definition) is 0. The molecule has 33 heavy (non-hydrogen) atoms. The minimum absolute atomic E-state index is 0.248. The first-order valence-electron chi connectivity index (χ1n) is 10.5. The summed E-state index contributed by atoms with van der Waals surface area (Å²) in [6.07, 6.45) is 0.757. The molecule has 0 aromatic heterocycles. The van der Waals surface area contributed by atoms with Crippen LogP contribution in [-0.4, -0.2) is 23.8 Å². The summed E-state index contributed by atoms with van der Waals surface area (Å²) in [7, 11) is 1.36. The quantitative estimate of drug-likeness (QED) is 0.444. The third kappa shape index (κ3) is 3.48. The predicted octanol–water partition coefficient (Wildman–Crippen LogP) is 5.82. The summed E-state index contributed by atoms with van der Waals surface area (Å²) in [6.45, 7) is 2.09. The fourth-order valence-corrected chi connectivity index (χ4v) is 5.52. The van der Waals surface area contributed by atoms with Gasteiger partial charge in [-0.1, -0.05) is 61.0 Å². The number of benzene rings is 3. The fraction of sp³-hybridized carbons (Fsp3) is 0.160. The molecule has 166 valence electrons. The normalized spacial score (nSPS) is 19.2. The number of esters is 1. The lowest BCUT2D eigenvalue weighted by molar-refractivity contribution is -0.132. The molecule has 2 aliphatic heterocycles. The van der Waals surface area contributed by atoms with Gasteiger partial charge in [0.1, 0.15) is 0 Å². The predicted molar refractivity (Wildman–Crippen MR) is 135 cm³/mol. The molecule has 0 amide bonds. The Morgan fingerprint density at radius 2 is 1.58 bits per heavy atom. The van der Waals surface area contributed by atoms with Crippen molar-refractivity contribution < 1.29 is 9.53 Å². The van der Waals surface area contributed by atoms with Gasteiger partial charge in [0, 0.05) is 16.1 Å². The number of carbonyl (C=O) groups is 1. The number of methoxy groups -OCH3 is 1. The van der Waals surface area contributed by atoms with Crippen LogP contribution in [0.1, 0.15) is 24.5 Å². The molecule has 8 heteroatoms. The number of carbonyl (C=O) groups excluding carboxylic acids is 1. The second-order valence-electron chi connectivity index (χ2n) is 7.49. The first-order chi connectivity index (χ1) is 16.1. The Kier molecular flexibility index (Phi) is 5.60. The Hall–Kier alpha value is -3.29. The fourth-order valence-electron chi connectivity index (χ4n) is 4.08. The summed E-state index contributed by atoms with van der Waals surface area (Å²) < 4.78 is 5.05. The molecule has 0 N–H and O–H groups in total. The summed E-state index contributed by atoms with van der Waals surface area (Å²) in [6, 6.07) is 25.5. The van der Waals surface area contributed by atoms with Gasteiger partial charge in [-0.2, -0.15) is 10.2 Å². The van der Waals surface area contributed by atoms with E-state index in [0.717, 1.165) is 34.6 Å². The number of ether oxygens (including phenoxy) is 1. The number of fused-ring (bicyclic) bond motifs is 2. The van der Waals surface area contributed by atoms with Crippen molar-refractivity contribution in [3.05, 3.63) is 95.0 Å². The van der Waals surface area contributed by atoms with Crippen LogP contribution in [0.15, 0.2) is 89.1 Å². The van der Waals surface area contributed by atoms with E-state index >= 15 is 0 Å². The molecule has 3 aromatic rings. The molecular weight excluding hydrogens is 456 g/mol. The second kappa shape index (κ2) is 8.57. The van der Waals surface area contributed by atoms with Crippen LogP contribution in [-0.2, 0) is 14.5 Å². The molecule has 0 saturated heterocycles. The number of halogens is 1. The lowest BCUT2D eigenvalue weighted by atomic mass is 9.96. The van der Waals surface area contributed by atoms with Crippen LogP contribution in [0.3, 0.4) is 0 Å². The second-order valence-corrected chi connectivity index (χ2v) is 9.08. The molecule has 6 nitrogen and oxygen atoms in total. The van der Waals surface area contributed by atoms with Crippen molar-refractivity contribution in [1.29, 1.82) is 0 Å².